The van der Waals surface area contributed by atoms with Crippen molar-refractivity contribution in [2.75, 3.05) is 38.2 Å². The molecule has 0 spiro atoms. The van der Waals surface area contributed by atoms with Crippen molar-refractivity contribution >= 4 is 11.6 Å². The van der Waals surface area contributed by atoms with E-state index < -0.39 is 0 Å². The third-order valence-corrected chi connectivity index (χ3v) is 9.76. The third kappa shape index (κ3) is 8.23. The second-order valence-electron chi connectivity index (χ2n) is 13.8. The first-order chi connectivity index (χ1) is 24.4. The summed E-state index contributed by atoms with van der Waals surface area (Å²) in [6.07, 6.45) is 14.4. The maximum atomic E-state index is 9.70. The van der Waals surface area contributed by atoms with Crippen LogP contribution in [-0.4, -0.2) is 96.7 Å². The highest BCUT2D eigenvalue weighted by Gasteiger charge is 2.32. The SMILES string of the molecule is CC(Cn1cncn1)Oc1cc(-c2cnc(Nc3cn(C4CCC(N5C[C@@H](C)O[C@@H](C)C5)CC4)nc3OCC3CCOC3)nc2)ccc1C#N. The van der Waals surface area contributed by atoms with Crippen LogP contribution in [0, 0.1) is 17.2 Å². The zero-order valence-corrected chi connectivity index (χ0v) is 29.0. The Morgan fingerprint density at radius 3 is 2.52 bits per heavy atom. The van der Waals surface area contributed by atoms with E-state index in [1.807, 2.05) is 25.3 Å². The first-order valence-electron chi connectivity index (χ1n) is 17.7. The molecule has 1 aromatic carbocycles. The molecule has 1 aliphatic carbocycles. The van der Waals surface area contributed by atoms with Gasteiger partial charge in [-0.15, -0.1) is 5.10 Å². The fourth-order valence-electron chi connectivity index (χ4n) is 7.27. The molecule has 1 N–H and O–H groups in total. The average Bonchev–Trinajstić information content (AvgIpc) is 3.91. The van der Waals surface area contributed by atoms with Crippen LogP contribution in [-0.2, 0) is 16.0 Å². The normalized spacial score (nSPS) is 24.8. The molecule has 0 bridgehead atoms. The van der Waals surface area contributed by atoms with Gasteiger partial charge in [0.1, 0.15) is 36.3 Å². The Kier molecular flexibility index (Phi) is 10.5. The van der Waals surface area contributed by atoms with Crippen LogP contribution in [0.3, 0.4) is 0 Å². The van der Waals surface area contributed by atoms with Crippen LogP contribution in [0.2, 0.25) is 0 Å². The molecule has 7 rings (SSSR count). The van der Waals surface area contributed by atoms with E-state index in [0.717, 1.165) is 68.6 Å². The third-order valence-electron chi connectivity index (χ3n) is 9.76. The molecule has 14 heteroatoms. The first kappa shape index (κ1) is 33.9. The summed E-state index contributed by atoms with van der Waals surface area (Å²) >= 11 is 0. The quantitative estimate of drug-likeness (QED) is 0.214. The zero-order chi connectivity index (χ0) is 34.5. The number of morpholine rings is 1. The number of aromatic nitrogens is 7. The van der Waals surface area contributed by atoms with Gasteiger partial charge >= 0.3 is 0 Å². The summed E-state index contributed by atoms with van der Waals surface area (Å²) in [4.78, 5) is 15.9. The molecule has 14 nitrogen and oxygen atoms in total. The van der Waals surface area contributed by atoms with Gasteiger partial charge in [-0.1, -0.05) is 6.07 Å². The fourth-order valence-corrected chi connectivity index (χ4v) is 7.27. The fraction of sp³-hybridized carbons (Fsp3) is 0.556. The zero-order valence-electron chi connectivity index (χ0n) is 29.0. The van der Waals surface area contributed by atoms with E-state index in [1.54, 1.807) is 29.5 Å². The number of hydrogen-bond acceptors (Lipinski definition) is 12. The lowest BCUT2D eigenvalue weighted by atomic mass is 9.89. The molecule has 5 heterocycles. The number of hydrogen-bond donors (Lipinski definition) is 1. The second-order valence-corrected chi connectivity index (χ2v) is 13.8. The Morgan fingerprint density at radius 1 is 1.04 bits per heavy atom. The van der Waals surface area contributed by atoms with Gasteiger partial charge in [0, 0.05) is 49.6 Å². The number of rotatable bonds is 12. The summed E-state index contributed by atoms with van der Waals surface area (Å²) in [5, 5.41) is 22.1. The van der Waals surface area contributed by atoms with Gasteiger partial charge in [-0.05, 0) is 70.6 Å². The maximum absolute atomic E-state index is 9.70. The minimum Gasteiger partial charge on any atom is -0.487 e. The van der Waals surface area contributed by atoms with Gasteiger partial charge in [-0.2, -0.15) is 10.4 Å². The highest BCUT2D eigenvalue weighted by Crippen LogP contribution is 2.36. The van der Waals surface area contributed by atoms with Crippen LogP contribution in [0.4, 0.5) is 11.6 Å². The van der Waals surface area contributed by atoms with Crippen molar-refractivity contribution in [3.63, 3.8) is 0 Å². The molecular formula is C36H46N10O4. The molecule has 3 aromatic heterocycles. The number of ether oxygens (including phenoxy) is 4. The minimum absolute atomic E-state index is 0.229. The lowest BCUT2D eigenvalue weighted by Crippen LogP contribution is -2.51. The van der Waals surface area contributed by atoms with Gasteiger partial charge < -0.3 is 24.3 Å². The number of nitrogens with one attached hydrogen (secondary N) is 1. The summed E-state index contributed by atoms with van der Waals surface area (Å²) in [7, 11) is 0. The summed E-state index contributed by atoms with van der Waals surface area (Å²) < 4.78 is 27.8. The van der Waals surface area contributed by atoms with Crippen LogP contribution in [0.15, 0.2) is 49.4 Å². The molecule has 4 atom stereocenters. The van der Waals surface area contributed by atoms with Crippen LogP contribution in [0.5, 0.6) is 11.6 Å². The lowest BCUT2D eigenvalue weighted by Gasteiger charge is -2.42. The molecule has 2 saturated heterocycles. The molecule has 2 unspecified atom stereocenters. The molecule has 50 heavy (non-hydrogen) atoms. The molecule has 1 saturated carbocycles. The average molecular weight is 683 g/mol. The van der Waals surface area contributed by atoms with Gasteiger partial charge in [-0.3, -0.25) is 9.58 Å². The highest BCUT2D eigenvalue weighted by atomic mass is 16.5. The van der Waals surface area contributed by atoms with Gasteiger partial charge in [-0.25, -0.2) is 19.6 Å². The Labute approximate surface area is 292 Å². The molecular weight excluding hydrogens is 636 g/mol. The maximum Gasteiger partial charge on any atom is 0.256 e. The van der Waals surface area contributed by atoms with Gasteiger partial charge in [0.15, 0.2) is 0 Å². The molecule has 3 aliphatic rings. The Bertz CT molecular complexity index is 1720. The molecule has 3 fully saturated rings. The van der Waals surface area contributed by atoms with Crippen molar-refractivity contribution < 1.29 is 18.9 Å². The van der Waals surface area contributed by atoms with Gasteiger partial charge in [0.25, 0.3) is 5.88 Å². The van der Waals surface area contributed by atoms with E-state index in [1.165, 1.54) is 6.33 Å². The number of anilines is 2. The van der Waals surface area contributed by atoms with Crippen LogP contribution in [0.1, 0.15) is 64.5 Å². The minimum atomic E-state index is -0.229. The predicted octanol–water partition coefficient (Wildman–Crippen LogP) is 5.02. The summed E-state index contributed by atoms with van der Waals surface area (Å²) in [5.41, 5.74) is 2.82. The first-order valence-corrected chi connectivity index (χ1v) is 17.7. The van der Waals surface area contributed by atoms with E-state index in [2.05, 4.69) is 54.9 Å². The Balaban J connectivity index is 1.03. The predicted molar refractivity (Wildman–Crippen MR) is 185 cm³/mol. The topological polar surface area (TPSA) is 150 Å². The largest absolute Gasteiger partial charge is 0.487 e. The smallest absolute Gasteiger partial charge is 0.256 e. The molecule has 2 aliphatic heterocycles. The molecule has 0 amide bonds. The van der Waals surface area contributed by atoms with Gasteiger partial charge in [0.2, 0.25) is 5.95 Å². The van der Waals surface area contributed by atoms with E-state index in [4.69, 9.17) is 24.0 Å². The Hall–Kier alpha value is -4.58. The summed E-state index contributed by atoms with van der Waals surface area (Å²) in [6, 6.07) is 8.57. The van der Waals surface area contributed by atoms with Crippen molar-refractivity contribution in [3.05, 3.63) is 55.0 Å². The van der Waals surface area contributed by atoms with Crippen molar-refractivity contribution in [1.82, 2.24) is 39.4 Å². The summed E-state index contributed by atoms with van der Waals surface area (Å²) in [6.45, 7) is 10.8. The van der Waals surface area contributed by atoms with Gasteiger partial charge in [0.05, 0.1) is 49.8 Å². The standard InChI is InChI=1S/C36H46N10O4/c1-24-16-44(17-25(2)49-24)31-6-8-32(9-7-31)46-19-33(35(43-46)48-21-27-10-11-47-20-27)42-36-39-14-30(15-40-36)28-4-5-29(13-37)34(12-28)50-26(3)18-45-23-38-22-41-45/h4-5,12,14-15,19,22-27,31-32H,6-11,16-18,20-21H2,1-3H3,(H,39,40,42)/t24-,25+,26?,27?,31?,32?. The van der Waals surface area contributed by atoms with Crippen LogP contribution in [0.25, 0.3) is 11.1 Å². The number of nitrogens with zero attached hydrogens (tertiary/aromatic N) is 9. The van der Waals surface area contributed by atoms with Crippen molar-refractivity contribution in [1.29, 1.82) is 5.26 Å². The van der Waals surface area contributed by atoms with Crippen LogP contribution >= 0.6 is 0 Å². The van der Waals surface area contributed by atoms with E-state index in [0.29, 0.717) is 60.9 Å². The highest BCUT2D eigenvalue weighted by molar-refractivity contribution is 5.67. The van der Waals surface area contributed by atoms with Crippen LogP contribution < -0.4 is 14.8 Å². The number of benzene rings is 1. The van der Waals surface area contributed by atoms with E-state index in [9.17, 15) is 5.26 Å². The van der Waals surface area contributed by atoms with Crippen molar-refractivity contribution in [2.45, 2.75) is 89.8 Å². The second kappa shape index (κ2) is 15.5. The summed E-state index contributed by atoms with van der Waals surface area (Å²) in [5.74, 6) is 1.83. The van der Waals surface area contributed by atoms with Crippen molar-refractivity contribution in [2.24, 2.45) is 5.92 Å². The molecule has 264 valence electrons. The molecule has 4 aromatic rings. The molecule has 0 radical (unpaired) electrons. The van der Waals surface area contributed by atoms with E-state index in [-0.39, 0.29) is 18.3 Å². The number of nitriles is 1. The van der Waals surface area contributed by atoms with E-state index >= 15 is 0 Å². The monoisotopic (exact) mass is 682 g/mol. The lowest BCUT2D eigenvalue weighted by molar-refractivity contribution is -0.0852. The van der Waals surface area contributed by atoms with Crippen molar-refractivity contribution in [3.8, 4) is 28.8 Å². The Morgan fingerprint density at radius 2 is 1.82 bits per heavy atom.